The monoisotopic (exact) mass is 315 g/mol. The van der Waals surface area contributed by atoms with Gasteiger partial charge in [-0.05, 0) is 17.2 Å². The Labute approximate surface area is 137 Å². The number of hydrogen-bond acceptors (Lipinski definition) is 4. The Bertz CT molecular complexity index is 565. The molecule has 1 aromatic carbocycles. The van der Waals surface area contributed by atoms with E-state index in [0.29, 0.717) is 13.1 Å². The second-order valence-corrected chi connectivity index (χ2v) is 6.19. The summed E-state index contributed by atoms with van der Waals surface area (Å²) in [5, 5.41) is 2.83. The highest BCUT2D eigenvalue weighted by Crippen LogP contribution is 2.26. The highest BCUT2D eigenvalue weighted by atomic mass is 16.5. The third kappa shape index (κ3) is 4.33. The number of hydrogen-bond donors (Lipinski definition) is 1. The van der Waals surface area contributed by atoms with E-state index in [0.717, 1.165) is 51.5 Å². The number of carbonyl (C=O) groups excluding carboxylic acids is 1. The molecule has 1 fully saturated rings. The number of piperazine rings is 1. The van der Waals surface area contributed by atoms with E-state index < -0.39 is 0 Å². The lowest BCUT2D eigenvalue weighted by Crippen LogP contribution is -2.49. The van der Waals surface area contributed by atoms with Crippen molar-refractivity contribution in [2.24, 2.45) is 0 Å². The molecular weight excluding hydrogens is 290 g/mol. The predicted octanol–water partition coefficient (Wildman–Crippen LogP) is 1.04. The van der Waals surface area contributed by atoms with Crippen molar-refractivity contribution in [2.45, 2.75) is 13.0 Å². The first kappa shape index (κ1) is 16.0. The summed E-state index contributed by atoms with van der Waals surface area (Å²) >= 11 is 0. The van der Waals surface area contributed by atoms with Crippen molar-refractivity contribution >= 4 is 5.91 Å². The molecule has 0 atom stereocenters. The Morgan fingerprint density at radius 3 is 2.83 bits per heavy atom. The van der Waals surface area contributed by atoms with Crippen molar-refractivity contribution < 1.29 is 9.53 Å². The van der Waals surface area contributed by atoms with Gasteiger partial charge >= 0.3 is 0 Å². The molecule has 5 nitrogen and oxygen atoms in total. The number of carbonyl (C=O) groups is 1. The molecule has 0 spiro atoms. The summed E-state index contributed by atoms with van der Waals surface area (Å²) in [5.74, 6) is 1.13. The van der Waals surface area contributed by atoms with Gasteiger partial charge in [0.2, 0.25) is 5.91 Å². The van der Waals surface area contributed by atoms with Crippen LogP contribution in [0, 0.1) is 0 Å². The summed E-state index contributed by atoms with van der Waals surface area (Å²) in [6, 6.07) is 6.54. The van der Waals surface area contributed by atoms with Crippen LogP contribution in [0.3, 0.4) is 0 Å². The van der Waals surface area contributed by atoms with Crippen LogP contribution in [0.15, 0.2) is 30.9 Å². The third-order valence-corrected chi connectivity index (χ3v) is 4.44. The van der Waals surface area contributed by atoms with E-state index in [4.69, 9.17) is 4.74 Å². The van der Waals surface area contributed by atoms with Crippen LogP contribution >= 0.6 is 0 Å². The maximum atomic E-state index is 11.7. The summed E-state index contributed by atoms with van der Waals surface area (Å²) in [5.41, 5.74) is 2.69. The van der Waals surface area contributed by atoms with Crippen LogP contribution in [0.4, 0.5) is 0 Å². The molecule has 0 saturated carbocycles. The highest BCUT2D eigenvalue weighted by molar-refractivity contribution is 5.78. The van der Waals surface area contributed by atoms with E-state index in [1.54, 1.807) is 6.08 Å². The fraction of sp³-hybridized carbons (Fsp3) is 0.500. The van der Waals surface area contributed by atoms with Crippen LogP contribution in [0.2, 0.25) is 0 Å². The van der Waals surface area contributed by atoms with Crippen LogP contribution in [-0.2, 0) is 17.8 Å². The summed E-state index contributed by atoms with van der Waals surface area (Å²) in [6.45, 7) is 10.3. The quantitative estimate of drug-likeness (QED) is 0.797. The lowest BCUT2D eigenvalue weighted by atomic mass is 10.1. The van der Waals surface area contributed by atoms with Crippen LogP contribution in [0.25, 0.3) is 0 Å². The van der Waals surface area contributed by atoms with Gasteiger partial charge in [-0.25, -0.2) is 0 Å². The normalized spacial score (nSPS) is 18.3. The third-order valence-electron chi connectivity index (χ3n) is 4.44. The largest absolute Gasteiger partial charge is 0.493 e. The highest BCUT2D eigenvalue weighted by Gasteiger charge is 2.19. The summed E-state index contributed by atoms with van der Waals surface area (Å²) in [4.78, 5) is 16.4. The van der Waals surface area contributed by atoms with Crippen LogP contribution < -0.4 is 10.1 Å². The summed E-state index contributed by atoms with van der Waals surface area (Å²) < 4.78 is 5.56. The summed E-state index contributed by atoms with van der Waals surface area (Å²) in [7, 11) is 0. The average molecular weight is 315 g/mol. The van der Waals surface area contributed by atoms with Crippen molar-refractivity contribution in [1.29, 1.82) is 0 Å². The van der Waals surface area contributed by atoms with Gasteiger partial charge in [-0.15, -0.1) is 6.58 Å². The van der Waals surface area contributed by atoms with Gasteiger partial charge in [0.1, 0.15) is 5.75 Å². The van der Waals surface area contributed by atoms with Crippen LogP contribution in [-0.4, -0.2) is 61.6 Å². The SMILES string of the molecule is C=CCNC(=O)CN1CCN(Cc2ccc3c(c2)CCO3)CC1. The minimum Gasteiger partial charge on any atom is -0.493 e. The van der Waals surface area contributed by atoms with E-state index in [2.05, 4.69) is 39.9 Å². The van der Waals surface area contributed by atoms with Crippen LogP contribution in [0.5, 0.6) is 5.75 Å². The minimum absolute atomic E-state index is 0.0805. The molecule has 0 radical (unpaired) electrons. The molecule has 1 aromatic rings. The number of benzene rings is 1. The molecule has 5 heteroatoms. The van der Waals surface area contributed by atoms with Crippen molar-refractivity contribution in [3.05, 3.63) is 42.0 Å². The number of nitrogens with zero attached hydrogens (tertiary/aromatic N) is 2. The molecule has 2 aliphatic rings. The Kier molecular flexibility index (Phi) is 5.31. The molecule has 124 valence electrons. The van der Waals surface area contributed by atoms with Gasteiger partial charge in [0, 0.05) is 45.7 Å². The van der Waals surface area contributed by atoms with Crippen molar-refractivity contribution in [3.8, 4) is 5.75 Å². The molecule has 1 saturated heterocycles. The van der Waals surface area contributed by atoms with Gasteiger partial charge in [-0.1, -0.05) is 18.2 Å². The molecule has 1 N–H and O–H groups in total. The Hall–Kier alpha value is -1.85. The van der Waals surface area contributed by atoms with Gasteiger partial charge < -0.3 is 10.1 Å². The van der Waals surface area contributed by atoms with E-state index >= 15 is 0 Å². The smallest absolute Gasteiger partial charge is 0.234 e. The van der Waals surface area contributed by atoms with Crippen molar-refractivity contribution in [2.75, 3.05) is 45.9 Å². The number of ether oxygens (including phenoxy) is 1. The molecule has 0 bridgehead atoms. The lowest BCUT2D eigenvalue weighted by Gasteiger charge is -2.34. The Morgan fingerprint density at radius 1 is 1.26 bits per heavy atom. The van der Waals surface area contributed by atoms with Gasteiger partial charge in [0.05, 0.1) is 13.2 Å². The first-order valence-electron chi connectivity index (χ1n) is 8.31. The minimum atomic E-state index is 0.0805. The fourth-order valence-corrected chi connectivity index (χ4v) is 3.15. The zero-order valence-electron chi connectivity index (χ0n) is 13.6. The number of amides is 1. The van der Waals surface area contributed by atoms with E-state index in [-0.39, 0.29) is 5.91 Å². The molecular formula is C18H25N3O2. The zero-order chi connectivity index (χ0) is 16.1. The van der Waals surface area contributed by atoms with Gasteiger partial charge in [-0.2, -0.15) is 0 Å². The van der Waals surface area contributed by atoms with Gasteiger partial charge in [-0.3, -0.25) is 14.6 Å². The first-order chi connectivity index (χ1) is 11.2. The standard InChI is InChI=1S/C18H25N3O2/c1-2-6-19-18(22)14-21-9-7-20(8-10-21)13-15-3-4-17-16(12-15)5-11-23-17/h2-4,12H,1,5-11,13-14H2,(H,19,22). The fourth-order valence-electron chi connectivity index (χ4n) is 3.15. The molecule has 0 aliphatic carbocycles. The van der Waals surface area contributed by atoms with Crippen molar-refractivity contribution in [1.82, 2.24) is 15.1 Å². The van der Waals surface area contributed by atoms with Crippen LogP contribution in [0.1, 0.15) is 11.1 Å². The Morgan fingerprint density at radius 2 is 2.04 bits per heavy atom. The maximum absolute atomic E-state index is 11.7. The molecule has 2 heterocycles. The second-order valence-electron chi connectivity index (χ2n) is 6.19. The Balaban J connectivity index is 1.44. The molecule has 0 unspecified atom stereocenters. The second kappa shape index (κ2) is 7.62. The summed E-state index contributed by atoms with van der Waals surface area (Å²) in [6.07, 6.45) is 2.73. The lowest BCUT2D eigenvalue weighted by molar-refractivity contribution is -0.122. The topological polar surface area (TPSA) is 44.8 Å². The number of nitrogens with one attached hydrogen (secondary N) is 1. The van der Waals surface area contributed by atoms with E-state index in [9.17, 15) is 4.79 Å². The number of rotatable bonds is 6. The zero-order valence-corrected chi connectivity index (χ0v) is 13.6. The molecule has 1 amide bonds. The van der Waals surface area contributed by atoms with E-state index in [1.807, 2.05) is 0 Å². The molecule has 2 aliphatic heterocycles. The first-order valence-corrected chi connectivity index (χ1v) is 8.31. The van der Waals surface area contributed by atoms with E-state index in [1.165, 1.54) is 11.1 Å². The average Bonchev–Trinajstić information content (AvgIpc) is 3.02. The van der Waals surface area contributed by atoms with Gasteiger partial charge in [0.25, 0.3) is 0 Å². The maximum Gasteiger partial charge on any atom is 0.234 e. The predicted molar refractivity (Wildman–Crippen MR) is 90.6 cm³/mol. The van der Waals surface area contributed by atoms with Crippen molar-refractivity contribution in [3.63, 3.8) is 0 Å². The molecule has 23 heavy (non-hydrogen) atoms. The number of fused-ring (bicyclic) bond motifs is 1. The molecule has 3 rings (SSSR count). The van der Waals surface area contributed by atoms with Gasteiger partial charge in [0.15, 0.2) is 0 Å². The molecule has 0 aromatic heterocycles.